The molecule has 0 spiro atoms. The maximum atomic E-state index is 12.1. The maximum absolute atomic E-state index is 12.1. The van der Waals surface area contributed by atoms with E-state index in [-0.39, 0.29) is 24.5 Å². The van der Waals surface area contributed by atoms with Crippen LogP contribution < -0.4 is 10.2 Å². The molecule has 4 rings (SSSR count). The average Bonchev–Trinajstić information content (AvgIpc) is 3.47. The number of aromatic nitrogens is 2. The third-order valence-electron chi connectivity index (χ3n) is 5.59. The van der Waals surface area contributed by atoms with Gasteiger partial charge in [0.2, 0.25) is 11.9 Å². The molecule has 1 aromatic heterocycles. The van der Waals surface area contributed by atoms with E-state index in [2.05, 4.69) is 15.2 Å². The molecule has 2 heterocycles. The van der Waals surface area contributed by atoms with Crippen molar-refractivity contribution >= 4 is 11.9 Å². The Labute approximate surface area is 142 Å². The number of nitrogens with zero attached hydrogens (tertiary/aromatic N) is 3. The summed E-state index contributed by atoms with van der Waals surface area (Å²) in [6.07, 6.45) is 8.99. The fraction of sp³-hybridized carbons (Fsp3) is 0.722. The lowest BCUT2D eigenvalue weighted by atomic mass is 9.92. The van der Waals surface area contributed by atoms with E-state index < -0.39 is 0 Å². The van der Waals surface area contributed by atoms with E-state index in [1.807, 2.05) is 6.20 Å². The second-order valence-electron chi connectivity index (χ2n) is 7.41. The number of nitrogens with one attached hydrogen (secondary N) is 1. The molecule has 0 unspecified atom stereocenters. The molecule has 2 N–H and O–H groups in total. The number of amides is 1. The minimum Gasteiger partial charge on any atom is -0.396 e. The third-order valence-corrected chi connectivity index (χ3v) is 5.59. The molecular weight excluding hydrogens is 304 g/mol. The van der Waals surface area contributed by atoms with Crippen molar-refractivity contribution in [1.29, 1.82) is 0 Å². The van der Waals surface area contributed by atoms with Crippen molar-refractivity contribution in [3.05, 3.63) is 17.5 Å². The normalized spacial score (nSPS) is 24.5. The highest BCUT2D eigenvalue weighted by molar-refractivity contribution is 5.81. The van der Waals surface area contributed by atoms with Gasteiger partial charge in [-0.1, -0.05) is 0 Å². The highest BCUT2D eigenvalue weighted by Crippen LogP contribution is 2.33. The van der Waals surface area contributed by atoms with E-state index in [0.29, 0.717) is 5.92 Å². The van der Waals surface area contributed by atoms with Gasteiger partial charge < -0.3 is 15.3 Å². The van der Waals surface area contributed by atoms with E-state index in [1.54, 1.807) is 0 Å². The summed E-state index contributed by atoms with van der Waals surface area (Å²) >= 11 is 0. The fourth-order valence-corrected chi connectivity index (χ4v) is 3.79. The van der Waals surface area contributed by atoms with E-state index in [1.165, 1.54) is 0 Å². The van der Waals surface area contributed by atoms with Gasteiger partial charge in [-0.15, -0.1) is 0 Å². The molecule has 2 fully saturated rings. The number of hydrogen-bond donors (Lipinski definition) is 2. The first-order chi connectivity index (χ1) is 11.7. The standard InChI is InChI=1S/C18H26N4O2/c23-11-12-6-8-22(9-7-12)18-19-10-14-15(2-1-3-16(14)21-18)20-17(24)13-4-5-13/h10,12-13,15,23H,1-9,11H2,(H,20,24)/t15-/m1/s1. The first-order valence-corrected chi connectivity index (χ1v) is 9.26. The predicted octanol–water partition coefficient (Wildman–Crippen LogP) is 1.59. The number of rotatable bonds is 4. The van der Waals surface area contributed by atoms with E-state index in [9.17, 15) is 9.90 Å². The van der Waals surface area contributed by atoms with Crippen LogP contribution in [0, 0.1) is 11.8 Å². The zero-order valence-corrected chi connectivity index (χ0v) is 14.1. The molecule has 24 heavy (non-hydrogen) atoms. The fourth-order valence-electron chi connectivity index (χ4n) is 3.79. The van der Waals surface area contributed by atoms with Gasteiger partial charge in [-0.25, -0.2) is 9.97 Å². The number of carbonyl (C=O) groups is 1. The van der Waals surface area contributed by atoms with Gasteiger partial charge in [0.25, 0.3) is 0 Å². The summed E-state index contributed by atoms with van der Waals surface area (Å²) in [5, 5.41) is 12.5. The molecular formula is C18H26N4O2. The summed E-state index contributed by atoms with van der Waals surface area (Å²) in [7, 11) is 0. The van der Waals surface area contributed by atoms with Crippen LogP contribution in [0.4, 0.5) is 5.95 Å². The zero-order chi connectivity index (χ0) is 16.5. The van der Waals surface area contributed by atoms with Crippen molar-refractivity contribution in [2.24, 2.45) is 11.8 Å². The van der Waals surface area contributed by atoms with Crippen LogP contribution in [0.2, 0.25) is 0 Å². The molecule has 2 aliphatic carbocycles. The van der Waals surface area contributed by atoms with Gasteiger partial charge in [0.05, 0.1) is 11.7 Å². The minimum atomic E-state index is 0.0797. The highest BCUT2D eigenvalue weighted by atomic mass is 16.3. The van der Waals surface area contributed by atoms with E-state index in [0.717, 1.165) is 75.2 Å². The van der Waals surface area contributed by atoms with Crippen LogP contribution in [-0.2, 0) is 11.2 Å². The Morgan fingerprint density at radius 1 is 1.25 bits per heavy atom. The second kappa shape index (κ2) is 6.67. The molecule has 1 saturated carbocycles. The molecule has 1 aromatic rings. The maximum Gasteiger partial charge on any atom is 0.225 e. The van der Waals surface area contributed by atoms with Gasteiger partial charge in [0, 0.05) is 37.4 Å². The molecule has 3 aliphatic rings. The highest BCUT2D eigenvalue weighted by Gasteiger charge is 2.33. The van der Waals surface area contributed by atoms with Crippen LogP contribution in [-0.4, -0.2) is 40.7 Å². The summed E-state index contributed by atoms with van der Waals surface area (Å²) < 4.78 is 0. The Bertz CT molecular complexity index is 609. The lowest BCUT2D eigenvalue weighted by molar-refractivity contribution is -0.123. The lowest BCUT2D eigenvalue weighted by Crippen LogP contribution is -2.37. The first kappa shape index (κ1) is 15.8. The number of aliphatic hydroxyl groups is 1. The number of fused-ring (bicyclic) bond motifs is 1. The SMILES string of the molecule is O=C(N[C@@H]1CCCc2nc(N3CCC(CO)CC3)ncc21)C1CC1. The van der Waals surface area contributed by atoms with Crippen molar-refractivity contribution in [3.63, 3.8) is 0 Å². The molecule has 1 saturated heterocycles. The van der Waals surface area contributed by atoms with Gasteiger partial charge in [-0.2, -0.15) is 0 Å². The molecule has 6 nitrogen and oxygen atoms in total. The van der Waals surface area contributed by atoms with Crippen LogP contribution in [0.5, 0.6) is 0 Å². The van der Waals surface area contributed by atoms with Crippen molar-refractivity contribution in [1.82, 2.24) is 15.3 Å². The van der Waals surface area contributed by atoms with Crippen LogP contribution >= 0.6 is 0 Å². The lowest BCUT2D eigenvalue weighted by Gasteiger charge is -2.32. The Morgan fingerprint density at radius 2 is 2.04 bits per heavy atom. The van der Waals surface area contributed by atoms with Gasteiger partial charge in [0.1, 0.15) is 0 Å². The van der Waals surface area contributed by atoms with Gasteiger partial charge in [-0.3, -0.25) is 4.79 Å². The number of aryl methyl sites for hydroxylation is 1. The summed E-state index contributed by atoms with van der Waals surface area (Å²) in [6, 6.07) is 0.0797. The first-order valence-electron chi connectivity index (χ1n) is 9.26. The van der Waals surface area contributed by atoms with Crippen molar-refractivity contribution in [3.8, 4) is 0 Å². The van der Waals surface area contributed by atoms with Gasteiger partial charge in [0.15, 0.2) is 0 Å². The Balaban J connectivity index is 1.47. The number of carbonyl (C=O) groups excluding carboxylic acids is 1. The number of hydrogen-bond acceptors (Lipinski definition) is 5. The average molecular weight is 330 g/mol. The summed E-state index contributed by atoms with van der Waals surface area (Å²) in [6.45, 7) is 2.10. The van der Waals surface area contributed by atoms with Gasteiger partial charge >= 0.3 is 0 Å². The van der Waals surface area contributed by atoms with Crippen molar-refractivity contribution in [2.75, 3.05) is 24.6 Å². The van der Waals surface area contributed by atoms with Crippen LogP contribution in [0.25, 0.3) is 0 Å². The second-order valence-corrected chi connectivity index (χ2v) is 7.41. The summed E-state index contributed by atoms with van der Waals surface area (Å²) in [5.41, 5.74) is 2.20. The quantitative estimate of drug-likeness (QED) is 0.876. The van der Waals surface area contributed by atoms with E-state index in [4.69, 9.17) is 4.98 Å². The molecule has 1 amide bonds. The zero-order valence-electron chi connectivity index (χ0n) is 14.1. The molecule has 1 aliphatic heterocycles. The largest absolute Gasteiger partial charge is 0.396 e. The Morgan fingerprint density at radius 3 is 2.75 bits per heavy atom. The van der Waals surface area contributed by atoms with Crippen LogP contribution in [0.3, 0.4) is 0 Å². The Hall–Kier alpha value is -1.69. The number of anilines is 1. The molecule has 0 bridgehead atoms. The van der Waals surface area contributed by atoms with Crippen molar-refractivity contribution < 1.29 is 9.90 Å². The minimum absolute atomic E-state index is 0.0797. The van der Waals surface area contributed by atoms with Gasteiger partial charge in [-0.05, 0) is 50.9 Å². The topological polar surface area (TPSA) is 78.4 Å². The number of piperidine rings is 1. The van der Waals surface area contributed by atoms with Crippen LogP contribution in [0.1, 0.15) is 55.8 Å². The predicted molar refractivity (Wildman–Crippen MR) is 90.6 cm³/mol. The third kappa shape index (κ3) is 3.24. The molecule has 6 heteroatoms. The summed E-state index contributed by atoms with van der Waals surface area (Å²) in [5.74, 6) is 1.66. The summed E-state index contributed by atoms with van der Waals surface area (Å²) in [4.78, 5) is 23.7. The van der Waals surface area contributed by atoms with Crippen molar-refractivity contribution in [2.45, 2.75) is 51.0 Å². The smallest absolute Gasteiger partial charge is 0.225 e. The van der Waals surface area contributed by atoms with Crippen LogP contribution in [0.15, 0.2) is 6.20 Å². The molecule has 0 radical (unpaired) electrons. The molecule has 130 valence electrons. The molecule has 0 aromatic carbocycles. The number of aliphatic hydroxyl groups excluding tert-OH is 1. The molecule has 1 atom stereocenters. The Kier molecular flexibility index (Phi) is 4.39. The van der Waals surface area contributed by atoms with E-state index >= 15 is 0 Å². The monoisotopic (exact) mass is 330 g/mol.